The highest BCUT2D eigenvalue weighted by Gasteiger charge is 2.33. The molecule has 3 amide bonds. The van der Waals surface area contributed by atoms with E-state index >= 15 is 0 Å². The number of alkyl carbamates (subject to hydrolysis) is 1. The van der Waals surface area contributed by atoms with Crippen molar-refractivity contribution in [3.8, 4) is 0 Å². The van der Waals surface area contributed by atoms with E-state index in [-0.39, 0.29) is 30.7 Å². The molecule has 2 rings (SSSR count). The Morgan fingerprint density at radius 2 is 1.88 bits per heavy atom. The Balaban J connectivity index is 1.80. The predicted molar refractivity (Wildman–Crippen MR) is 154 cm³/mol. The SMILES string of the molecule is CC(C)CC(NC(=O)CNC(=O)c1cnccn1)B1OCCCN(CCOC(=O)NC(P(C)O)[PH](=O)O)CCCO1. The van der Waals surface area contributed by atoms with Crippen LogP contribution in [0.3, 0.4) is 0 Å². The van der Waals surface area contributed by atoms with Gasteiger partial charge in [-0.1, -0.05) is 13.8 Å². The third-order valence-electron chi connectivity index (χ3n) is 5.91. The fourth-order valence-electron chi connectivity index (χ4n) is 4.00. The van der Waals surface area contributed by atoms with Crippen LogP contribution in [0.25, 0.3) is 0 Å². The average molecular weight is 618 g/mol. The first kappa shape index (κ1) is 35.0. The zero-order valence-electron chi connectivity index (χ0n) is 23.7. The number of nitrogens with one attached hydrogen (secondary N) is 3. The van der Waals surface area contributed by atoms with Gasteiger partial charge >= 0.3 is 13.2 Å². The van der Waals surface area contributed by atoms with Gasteiger partial charge in [0.2, 0.25) is 13.9 Å². The second-order valence-electron chi connectivity index (χ2n) is 9.83. The second kappa shape index (κ2) is 19.1. The number of hydrogen-bond donors (Lipinski definition) is 5. The molecule has 4 atom stereocenters. The van der Waals surface area contributed by atoms with Crippen molar-refractivity contribution in [1.82, 2.24) is 30.8 Å². The summed E-state index contributed by atoms with van der Waals surface area (Å²) in [5.74, 6) is -1.04. The summed E-state index contributed by atoms with van der Waals surface area (Å²) in [6.45, 7) is 7.83. The van der Waals surface area contributed by atoms with Crippen molar-refractivity contribution in [3.05, 3.63) is 24.3 Å². The van der Waals surface area contributed by atoms with Crippen molar-refractivity contribution < 1.29 is 42.8 Å². The van der Waals surface area contributed by atoms with E-state index in [1.807, 2.05) is 13.8 Å². The van der Waals surface area contributed by atoms with Crippen LogP contribution < -0.4 is 16.0 Å². The van der Waals surface area contributed by atoms with Gasteiger partial charge in [-0.3, -0.25) is 24.0 Å². The Bertz CT molecular complexity index is 970. The van der Waals surface area contributed by atoms with Crippen molar-refractivity contribution >= 4 is 41.2 Å². The highest BCUT2D eigenvalue weighted by molar-refractivity contribution is 7.64. The van der Waals surface area contributed by atoms with Crippen molar-refractivity contribution in [1.29, 1.82) is 0 Å². The third kappa shape index (κ3) is 14.0. The van der Waals surface area contributed by atoms with Gasteiger partial charge in [-0.15, -0.1) is 0 Å². The number of rotatable bonds is 13. The standard InChI is InChI=1S/C23H41BN6O9P2/c1-17(2)14-19(28-20(31)16-27-21(32)18-15-25-6-7-26-18)24-38-11-4-8-30(9-5-12-39-24)10-13-37-22(33)29-23(40(3)34)41(35)36/h6-7,15,17,19,23,34,41H,4-5,8-14,16H2,1-3H3,(H,27,32)(H,28,31)(H,29,33)(H,35,36). The molecular formula is C23H41BN6O9P2. The summed E-state index contributed by atoms with van der Waals surface area (Å²) >= 11 is 0. The topological polar surface area (TPSA) is 202 Å². The number of nitrogens with zero attached hydrogens (tertiary/aromatic N) is 3. The fourth-order valence-corrected chi connectivity index (χ4v) is 5.81. The van der Waals surface area contributed by atoms with E-state index in [4.69, 9.17) is 14.0 Å². The number of ether oxygens (including phenoxy) is 1. The highest BCUT2D eigenvalue weighted by Crippen LogP contribution is 2.43. The maximum absolute atomic E-state index is 12.6. The molecule has 15 nitrogen and oxygen atoms in total. The lowest BCUT2D eigenvalue weighted by molar-refractivity contribution is -0.120. The van der Waals surface area contributed by atoms with Crippen molar-refractivity contribution in [2.45, 2.75) is 44.6 Å². The Kier molecular flexibility index (Phi) is 16.3. The minimum atomic E-state index is -3.13. The van der Waals surface area contributed by atoms with Crippen LogP contribution in [0, 0.1) is 5.92 Å². The van der Waals surface area contributed by atoms with Crippen LogP contribution in [-0.4, -0.2) is 114 Å². The Morgan fingerprint density at radius 3 is 2.44 bits per heavy atom. The first-order valence-corrected chi connectivity index (χ1v) is 16.7. The lowest BCUT2D eigenvalue weighted by Gasteiger charge is -2.29. The van der Waals surface area contributed by atoms with E-state index < -0.39 is 46.8 Å². The zero-order chi connectivity index (χ0) is 30.2. The minimum absolute atomic E-state index is 0.0677. The first-order chi connectivity index (χ1) is 19.6. The van der Waals surface area contributed by atoms with Gasteiger partial charge in [0, 0.05) is 45.2 Å². The zero-order valence-corrected chi connectivity index (χ0v) is 25.5. The number of carbonyl (C=O) groups excluding carboxylic acids is 3. The number of carbonyl (C=O) groups is 3. The van der Waals surface area contributed by atoms with Crippen LogP contribution in [0.2, 0.25) is 0 Å². The van der Waals surface area contributed by atoms with Crippen molar-refractivity contribution in [3.63, 3.8) is 0 Å². The van der Waals surface area contributed by atoms with Gasteiger partial charge < -0.3 is 39.8 Å². The van der Waals surface area contributed by atoms with Crippen LogP contribution in [0.4, 0.5) is 4.79 Å². The van der Waals surface area contributed by atoms with Crippen LogP contribution in [0.5, 0.6) is 0 Å². The maximum Gasteiger partial charge on any atom is 0.480 e. The summed E-state index contributed by atoms with van der Waals surface area (Å²) in [4.78, 5) is 65.5. The normalized spacial score (nSPS) is 18.0. The lowest BCUT2D eigenvalue weighted by atomic mass is 9.73. The van der Waals surface area contributed by atoms with Gasteiger partial charge in [-0.25, -0.2) is 9.78 Å². The van der Waals surface area contributed by atoms with Gasteiger partial charge in [0.05, 0.1) is 26.8 Å². The summed E-state index contributed by atoms with van der Waals surface area (Å²) in [5, 5.41) is 7.71. The quantitative estimate of drug-likeness (QED) is 0.151. The molecule has 1 aromatic heterocycles. The second-order valence-corrected chi connectivity index (χ2v) is 13.2. The largest absolute Gasteiger partial charge is 0.480 e. The molecule has 0 radical (unpaired) electrons. The van der Waals surface area contributed by atoms with Crippen LogP contribution in [0.15, 0.2) is 18.6 Å². The predicted octanol–water partition coefficient (Wildman–Crippen LogP) is 0.390. The van der Waals surface area contributed by atoms with E-state index in [9.17, 15) is 28.7 Å². The molecule has 0 saturated carbocycles. The molecule has 1 fully saturated rings. The molecule has 41 heavy (non-hydrogen) atoms. The molecule has 1 aliphatic heterocycles. The lowest BCUT2D eigenvalue weighted by Crippen LogP contribution is -2.52. The molecule has 4 unspecified atom stereocenters. The Hall–Kier alpha value is -2.19. The summed E-state index contributed by atoms with van der Waals surface area (Å²) < 4.78 is 28.5. The minimum Gasteiger partial charge on any atom is -0.448 e. The van der Waals surface area contributed by atoms with Gasteiger partial charge in [0.1, 0.15) is 17.8 Å². The molecule has 230 valence electrons. The average Bonchev–Trinajstić information content (AvgIpc) is 2.93. The Labute approximate surface area is 242 Å². The molecular weight excluding hydrogens is 577 g/mol. The molecule has 0 spiro atoms. The maximum atomic E-state index is 12.6. The van der Waals surface area contributed by atoms with Gasteiger partial charge in [-0.2, -0.15) is 0 Å². The number of hydrogen-bond acceptors (Lipinski definition) is 11. The summed E-state index contributed by atoms with van der Waals surface area (Å²) in [7, 11) is -5.61. The molecule has 0 aliphatic carbocycles. The van der Waals surface area contributed by atoms with Crippen LogP contribution >= 0.6 is 16.2 Å². The third-order valence-corrected chi connectivity index (χ3v) is 9.18. The summed E-state index contributed by atoms with van der Waals surface area (Å²) in [6, 6.07) is 0. The first-order valence-electron chi connectivity index (χ1n) is 13.4. The van der Waals surface area contributed by atoms with Crippen LogP contribution in [-0.2, 0) is 23.4 Å². The van der Waals surface area contributed by atoms with Gasteiger partial charge in [0.25, 0.3) is 5.91 Å². The molecule has 1 saturated heterocycles. The molecule has 18 heteroatoms. The molecule has 0 bridgehead atoms. The van der Waals surface area contributed by atoms with Crippen molar-refractivity contribution in [2.24, 2.45) is 5.92 Å². The smallest absolute Gasteiger partial charge is 0.448 e. The van der Waals surface area contributed by atoms with E-state index in [1.165, 1.54) is 25.3 Å². The van der Waals surface area contributed by atoms with E-state index in [2.05, 4.69) is 30.8 Å². The molecule has 0 aromatic carbocycles. The van der Waals surface area contributed by atoms with Gasteiger partial charge in [-0.05, 0) is 31.8 Å². The summed E-state index contributed by atoms with van der Waals surface area (Å²) in [6.07, 6.45) is 5.27. The molecule has 5 N–H and O–H groups in total. The van der Waals surface area contributed by atoms with E-state index in [1.54, 1.807) is 0 Å². The summed E-state index contributed by atoms with van der Waals surface area (Å²) in [5.41, 5.74) is -1.08. The molecule has 1 aromatic rings. The van der Waals surface area contributed by atoms with Crippen molar-refractivity contribution in [2.75, 3.05) is 52.7 Å². The number of amides is 3. The molecule has 2 heterocycles. The van der Waals surface area contributed by atoms with E-state index in [0.29, 0.717) is 52.1 Å². The Morgan fingerprint density at radius 1 is 1.20 bits per heavy atom. The van der Waals surface area contributed by atoms with Gasteiger partial charge in [0.15, 0.2) is 0 Å². The van der Waals surface area contributed by atoms with E-state index in [0.717, 1.165) is 0 Å². The van der Waals surface area contributed by atoms with Crippen LogP contribution in [0.1, 0.15) is 43.6 Å². The monoisotopic (exact) mass is 618 g/mol. The molecule has 1 aliphatic rings. The highest BCUT2D eigenvalue weighted by atomic mass is 31.2. The number of aromatic nitrogens is 2. The fraction of sp³-hybridized carbons (Fsp3) is 0.696.